The van der Waals surface area contributed by atoms with Crippen LogP contribution in [0.15, 0.2) is 22.7 Å². The number of aromatic nitrogens is 2. The number of likely N-dealkylation sites (tertiary alicyclic amines) is 1. The Balaban J connectivity index is 1.61. The van der Waals surface area contributed by atoms with Crippen LogP contribution in [0.25, 0.3) is 10.9 Å². The minimum Gasteiger partial charge on any atom is -0.497 e. The number of nitrogens with zero attached hydrogens (tertiary/aromatic N) is 4. The van der Waals surface area contributed by atoms with Crippen LogP contribution in [0.4, 0.5) is 10.5 Å². The fourth-order valence-corrected chi connectivity index (χ4v) is 6.38. The molecule has 3 aromatic rings. The molecular formula is C28H37N5O5. The van der Waals surface area contributed by atoms with Crippen LogP contribution in [-0.2, 0) is 17.3 Å². The number of amides is 3. The van der Waals surface area contributed by atoms with Crippen molar-refractivity contribution in [2.24, 2.45) is 7.05 Å². The highest BCUT2D eigenvalue weighted by molar-refractivity contribution is 5.93. The molecule has 10 nitrogen and oxygen atoms in total. The predicted molar refractivity (Wildman–Crippen MR) is 143 cm³/mol. The van der Waals surface area contributed by atoms with E-state index in [-0.39, 0.29) is 24.0 Å². The number of aliphatic hydroxyl groups is 1. The fraction of sp³-hybridized carbons (Fsp3) is 0.536. The maximum Gasteiger partial charge on any atom is 0.322 e. The third-order valence-electron chi connectivity index (χ3n) is 8.38. The van der Waals surface area contributed by atoms with Crippen LogP contribution in [-0.4, -0.2) is 69.9 Å². The van der Waals surface area contributed by atoms with Crippen molar-refractivity contribution < 1.29 is 24.0 Å². The molecule has 2 aliphatic heterocycles. The molecule has 2 aliphatic rings. The minimum atomic E-state index is -0.542. The Morgan fingerprint density at radius 3 is 2.61 bits per heavy atom. The molecule has 38 heavy (non-hydrogen) atoms. The number of carbonyl (C=O) groups is 2. The first-order valence-electron chi connectivity index (χ1n) is 13.3. The van der Waals surface area contributed by atoms with E-state index >= 15 is 0 Å². The van der Waals surface area contributed by atoms with E-state index in [1.807, 2.05) is 31.0 Å². The van der Waals surface area contributed by atoms with E-state index in [1.165, 1.54) is 5.56 Å². The molecule has 1 fully saturated rings. The predicted octanol–water partition coefficient (Wildman–Crippen LogP) is 4.03. The van der Waals surface area contributed by atoms with Crippen molar-refractivity contribution >= 4 is 28.5 Å². The average Bonchev–Trinajstić information content (AvgIpc) is 3.40. The van der Waals surface area contributed by atoms with Gasteiger partial charge in [-0.2, -0.15) is 0 Å². The molecule has 5 rings (SSSR count). The van der Waals surface area contributed by atoms with E-state index in [4.69, 9.17) is 9.26 Å². The summed E-state index contributed by atoms with van der Waals surface area (Å²) in [7, 11) is 3.62. The van der Waals surface area contributed by atoms with Crippen molar-refractivity contribution in [3.63, 3.8) is 0 Å². The molecule has 0 saturated carbocycles. The van der Waals surface area contributed by atoms with Gasteiger partial charge in [0.25, 0.3) is 0 Å². The summed E-state index contributed by atoms with van der Waals surface area (Å²) in [5.74, 6) is 1.46. The number of aryl methyl sites for hydroxylation is 3. The highest BCUT2D eigenvalue weighted by atomic mass is 16.5. The summed E-state index contributed by atoms with van der Waals surface area (Å²) < 4.78 is 12.8. The number of rotatable bonds is 5. The van der Waals surface area contributed by atoms with Crippen LogP contribution >= 0.6 is 0 Å². The molecule has 204 valence electrons. The van der Waals surface area contributed by atoms with Crippen molar-refractivity contribution in [3.05, 3.63) is 40.9 Å². The van der Waals surface area contributed by atoms with Gasteiger partial charge in [-0.15, -0.1) is 0 Å². The summed E-state index contributed by atoms with van der Waals surface area (Å²) in [5.41, 5.74) is 3.86. The zero-order chi connectivity index (χ0) is 27.2. The summed E-state index contributed by atoms with van der Waals surface area (Å²) in [6.45, 7) is 7.04. The lowest BCUT2D eigenvalue weighted by atomic mass is 9.68. The molecule has 3 amide bonds. The molecule has 0 bridgehead atoms. The average molecular weight is 524 g/mol. The Morgan fingerprint density at radius 2 is 2.00 bits per heavy atom. The normalized spacial score (nSPS) is 18.6. The summed E-state index contributed by atoms with van der Waals surface area (Å²) in [4.78, 5) is 30.2. The summed E-state index contributed by atoms with van der Waals surface area (Å²) >= 11 is 0. The number of ether oxygens (including phenoxy) is 1. The molecular weight excluding hydrogens is 486 g/mol. The molecule has 4 heterocycles. The van der Waals surface area contributed by atoms with E-state index in [0.717, 1.165) is 41.6 Å². The quantitative estimate of drug-likeness (QED) is 0.522. The maximum atomic E-state index is 13.8. The van der Waals surface area contributed by atoms with Gasteiger partial charge < -0.3 is 34.1 Å². The third-order valence-corrected chi connectivity index (χ3v) is 8.38. The van der Waals surface area contributed by atoms with Gasteiger partial charge in [0.2, 0.25) is 5.91 Å². The molecule has 1 saturated heterocycles. The van der Waals surface area contributed by atoms with Crippen molar-refractivity contribution in [2.75, 3.05) is 38.7 Å². The van der Waals surface area contributed by atoms with Crippen LogP contribution in [0.1, 0.15) is 61.4 Å². The second-order valence-corrected chi connectivity index (χ2v) is 10.6. The number of urea groups is 1. The van der Waals surface area contributed by atoms with Gasteiger partial charge >= 0.3 is 6.03 Å². The monoisotopic (exact) mass is 523 g/mol. The number of fused-ring (bicyclic) bond motifs is 4. The van der Waals surface area contributed by atoms with Crippen molar-refractivity contribution in [3.8, 4) is 5.75 Å². The van der Waals surface area contributed by atoms with Gasteiger partial charge in [0.05, 0.1) is 25.3 Å². The summed E-state index contributed by atoms with van der Waals surface area (Å²) in [5, 5.41) is 18.7. The molecule has 0 unspecified atom stereocenters. The van der Waals surface area contributed by atoms with Gasteiger partial charge in [0.15, 0.2) is 5.76 Å². The van der Waals surface area contributed by atoms with Crippen LogP contribution in [0, 0.1) is 13.8 Å². The number of aliphatic hydroxyl groups excluding tert-OH is 1. The second-order valence-electron chi connectivity index (χ2n) is 10.6. The van der Waals surface area contributed by atoms with Gasteiger partial charge in [0, 0.05) is 55.7 Å². The van der Waals surface area contributed by atoms with E-state index in [9.17, 15) is 14.7 Å². The second kappa shape index (κ2) is 9.98. The number of hydrogen-bond acceptors (Lipinski definition) is 6. The molecule has 1 atom stereocenters. The first-order valence-corrected chi connectivity index (χ1v) is 13.3. The summed E-state index contributed by atoms with van der Waals surface area (Å²) in [6.07, 6.45) is 2.83. The van der Waals surface area contributed by atoms with Gasteiger partial charge in [-0.05, 0) is 50.8 Å². The van der Waals surface area contributed by atoms with Gasteiger partial charge in [0.1, 0.15) is 17.1 Å². The zero-order valence-corrected chi connectivity index (χ0v) is 22.8. The molecule has 1 aromatic carbocycles. The smallest absolute Gasteiger partial charge is 0.322 e. The van der Waals surface area contributed by atoms with Crippen LogP contribution in [0.5, 0.6) is 5.75 Å². The van der Waals surface area contributed by atoms with E-state index in [0.29, 0.717) is 43.2 Å². The number of hydrogen-bond donors (Lipinski definition) is 2. The molecule has 0 aliphatic carbocycles. The van der Waals surface area contributed by atoms with E-state index in [2.05, 4.69) is 21.1 Å². The van der Waals surface area contributed by atoms with E-state index < -0.39 is 6.04 Å². The summed E-state index contributed by atoms with van der Waals surface area (Å²) in [6, 6.07) is 5.19. The lowest BCUT2D eigenvalue weighted by Gasteiger charge is -2.50. The fourth-order valence-electron chi connectivity index (χ4n) is 6.38. The topological polar surface area (TPSA) is 113 Å². The number of anilines is 1. The van der Waals surface area contributed by atoms with Gasteiger partial charge in [-0.3, -0.25) is 4.79 Å². The standard InChI is InChI=1S/C28H37N5O5/c1-6-7-23(35)32-12-10-28(11-13-32)16-33(27(36)29-25-17(2)30-38-18(25)3)22(15-34)26-24(28)20-9-8-19(37-5)14-21(20)31(26)4/h8-9,14,22,34H,6-7,10-13,15-16H2,1-5H3,(H,29,36)/t22-/m0/s1. The van der Waals surface area contributed by atoms with Crippen LogP contribution in [0.2, 0.25) is 0 Å². The first kappa shape index (κ1) is 26.1. The molecule has 2 N–H and O–H groups in total. The van der Waals surface area contributed by atoms with Crippen molar-refractivity contribution in [2.45, 2.75) is 57.9 Å². The van der Waals surface area contributed by atoms with Crippen LogP contribution < -0.4 is 10.1 Å². The molecule has 1 spiro atoms. The number of benzene rings is 1. The van der Waals surface area contributed by atoms with Gasteiger partial charge in [-0.1, -0.05) is 12.1 Å². The Labute approximate surface area is 222 Å². The molecule has 2 aromatic heterocycles. The Bertz CT molecular complexity index is 1350. The van der Waals surface area contributed by atoms with Crippen molar-refractivity contribution in [1.82, 2.24) is 19.5 Å². The Hall–Kier alpha value is -3.53. The molecule has 10 heteroatoms. The largest absolute Gasteiger partial charge is 0.497 e. The third kappa shape index (κ3) is 4.11. The SMILES string of the molecule is CCCC(=O)N1CCC2(CC1)CN(C(=O)Nc1c(C)noc1C)[C@@H](CO)c1c2c2ccc(OC)cc2n1C. The lowest BCUT2D eigenvalue weighted by molar-refractivity contribution is -0.133. The number of nitrogens with one attached hydrogen (secondary N) is 1. The highest BCUT2D eigenvalue weighted by Crippen LogP contribution is 2.50. The number of methoxy groups -OCH3 is 1. The van der Waals surface area contributed by atoms with E-state index in [1.54, 1.807) is 25.9 Å². The first-order chi connectivity index (χ1) is 18.2. The lowest BCUT2D eigenvalue weighted by Crippen LogP contribution is -2.56. The highest BCUT2D eigenvalue weighted by Gasteiger charge is 2.50. The number of piperidine rings is 1. The minimum absolute atomic E-state index is 0.183. The Kier molecular flexibility index (Phi) is 6.85. The number of carbonyl (C=O) groups excluding carboxylic acids is 2. The Morgan fingerprint density at radius 1 is 1.26 bits per heavy atom. The van der Waals surface area contributed by atoms with Crippen molar-refractivity contribution in [1.29, 1.82) is 0 Å². The van der Waals surface area contributed by atoms with Crippen LogP contribution in [0.3, 0.4) is 0 Å². The molecule has 0 radical (unpaired) electrons. The maximum absolute atomic E-state index is 13.8. The van der Waals surface area contributed by atoms with Gasteiger partial charge in [-0.25, -0.2) is 4.79 Å². The zero-order valence-electron chi connectivity index (χ0n) is 22.8.